The minimum atomic E-state index is -0.945. The Bertz CT molecular complexity index is 1870. The van der Waals surface area contributed by atoms with Gasteiger partial charge in [0.2, 0.25) is 5.91 Å². The number of benzene rings is 2. The number of nitrogens with zero attached hydrogens (tertiary/aromatic N) is 5. The van der Waals surface area contributed by atoms with Gasteiger partial charge < -0.3 is 25.2 Å². The number of rotatable bonds is 11. The lowest BCUT2D eigenvalue weighted by molar-refractivity contribution is -0.385. The number of aliphatic hydroxyl groups is 1. The highest BCUT2D eigenvalue weighted by molar-refractivity contribution is 8.03. The fraction of sp³-hybridized carbons (Fsp3) is 0.375. The van der Waals surface area contributed by atoms with Gasteiger partial charge in [-0.25, -0.2) is 14.6 Å². The standard InChI is InChI=1S/C32H32N6O10S2/c1-16-26-25(17(2)39)29(40)36(26)27(30(41)47-13-18-3-7-20(8-4-18)37(43)44)28(16)50-22-11-24(23-15-49-31(33)34-23)35(12-22)32(42)48-14-19-5-9-21(10-6-19)38(45)46/h3-10,15-17,22,24-26,39H,11-14H2,1-2H3,(H2,33,34)/t16-,17-,22+,24+,25-,26-/m1/s1. The molecule has 3 aromatic rings. The molecule has 0 radical (unpaired) electrons. The first-order valence-corrected chi connectivity index (χ1v) is 17.3. The number of aromatic nitrogens is 1. The van der Waals surface area contributed by atoms with Crippen LogP contribution >= 0.6 is 23.1 Å². The number of fused-ring (bicyclic) bond motifs is 1. The average Bonchev–Trinajstić information content (AvgIpc) is 3.77. The van der Waals surface area contributed by atoms with E-state index in [9.17, 15) is 39.7 Å². The fourth-order valence-corrected chi connectivity index (χ4v) is 8.67. The Kier molecular flexibility index (Phi) is 9.77. The minimum absolute atomic E-state index is 0.0740. The summed E-state index contributed by atoms with van der Waals surface area (Å²) in [4.78, 5) is 69.3. The first kappa shape index (κ1) is 34.8. The van der Waals surface area contributed by atoms with Crippen molar-refractivity contribution >= 4 is 57.6 Å². The second-order valence-electron chi connectivity index (χ2n) is 12.2. The van der Waals surface area contributed by atoms with E-state index in [0.717, 1.165) is 0 Å². The van der Waals surface area contributed by atoms with Gasteiger partial charge in [0.15, 0.2) is 5.13 Å². The summed E-state index contributed by atoms with van der Waals surface area (Å²) in [6, 6.07) is 10.3. The summed E-state index contributed by atoms with van der Waals surface area (Å²) in [6.07, 6.45) is -1.16. The molecule has 1 aromatic heterocycles. The Morgan fingerprint density at radius 3 is 2.16 bits per heavy atom. The number of nitro groups is 2. The maximum Gasteiger partial charge on any atom is 0.410 e. The number of ether oxygens (including phenoxy) is 2. The van der Waals surface area contributed by atoms with E-state index in [1.165, 1.54) is 88.4 Å². The molecule has 2 fully saturated rings. The van der Waals surface area contributed by atoms with E-state index in [1.807, 2.05) is 6.92 Å². The van der Waals surface area contributed by atoms with Crippen LogP contribution in [0.3, 0.4) is 0 Å². The van der Waals surface area contributed by atoms with Crippen molar-refractivity contribution in [3.05, 3.63) is 102 Å². The van der Waals surface area contributed by atoms with Crippen LogP contribution in [0, 0.1) is 32.1 Å². The molecule has 6 atom stereocenters. The molecule has 2 aromatic carbocycles. The van der Waals surface area contributed by atoms with Crippen molar-refractivity contribution in [2.24, 2.45) is 11.8 Å². The zero-order valence-electron chi connectivity index (χ0n) is 26.7. The van der Waals surface area contributed by atoms with Crippen molar-refractivity contribution in [1.29, 1.82) is 0 Å². The highest BCUT2D eigenvalue weighted by atomic mass is 32.2. The molecule has 2 saturated heterocycles. The molecular formula is C32H32N6O10S2. The number of hydrogen-bond donors (Lipinski definition) is 2. The molecule has 0 unspecified atom stereocenters. The van der Waals surface area contributed by atoms with E-state index in [-0.39, 0.29) is 48.0 Å². The number of nitrogens with two attached hydrogens (primary N) is 1. The molecule has 0 saturated carbocycles. The van der Waals surface area contributed by atoms with E-state index in [0.29, 0.717) is 33.3 Å². The van der Waals surface area contributed by atoms with Gasteiger partial charge in [0.1, 0.15) is 18.9 Å². The lowest BCUT2D eigenvalue weighted by Crippen LogP contribution is -2.63. The molecule has 16 nitrogen and oxygen atoms in total. The molecule has 3 N–H and O–H groups in total. The number of carbonyl (C=O) groups is 3. The quantitative estimate of drug-likeness (QED) is 0.120. The molecule has 2 amide bonds. The fourth-order valence-electron chi connectivity index (χ4n) is 6.54. The lowest BCUT2D eigenvalue weighted by atomic mass is 9.79. The summed E-state index contributed by atoms with van der Waals surface area (Å²) in [6.45, 7) is 3.30. The molecule has 0 aliphatic carbocycles. The molecule has 0 bridgehead atoms. The minimum Gasteiger partial charge on any atom is -0.456 e. The van der Waals surface area contributed by atoms with E-state index >= 15 is 0 Å². The van der Waals surface area contributed by atoms with Crippen LogP contribution < -0.4 is 5.73 Å². The number of nitro benzene ring substituents is 2. The number of anilines is 1. The molecule has 6 rings (SSSR count). The van der Waals surface area contributed by atoms with Crippen molar-refractivity contribution < 1.29 is 38.8 Å². The largest absolute Gasteiger partial charge is 0.456 e. The monoisotopic (exact) mass is 724 g/mol. The molecule has 50 heavy (non-hydrogen) atoms. The van der Waals surface area contributed by atoms with Crippen LogP contribution in [-0.2, 0) is 32.3 Å². The number of nitrogen functional groups attached to an aromatic ring is 1. The number of amides is 2. The van der Waals surface area contributed by atoms with Crippen molar-refractivity contribution in [3.63, 3.8) is 0 Å². The summed E-state index contributed by atoms with van der Waals surface area (Å²) in [5.74, 6) is -2.19. The van der Waals surface area contributed by atoms with E-state index < -0.39 is 51.9 Å². The summed E-state index contributed by atoms with van der Waals surface area (Å²) in [5.41, 5.74) is 7.46. The number of non-ortho nitro benzene ring substituents is 2. The highest BCUT2D eigenvalue weighted by Gasteiger charge is 2.60. The van der Waals surface area contributed by atoms with Gasteiger partial charge in [-0.05, 0) is 48.7 Å². The maximum absolute atomic E-state index is 13.7. The molecule has 262 valence electrons. The summed E-state index contributed by atoms with van der Waals surface area (Å²) < 4.78 is 11.2. The zero-order valence-corrected chi connectivity index (χ0v) is 28.4. The number of carbonyl (C=O) groups excluding carboxylic acids is 3. The third kappa shape index (κ3) is 6.73. The van der Waals surface area contributed by atoms with Crippen molar-refractivity contribution in [2.45, 2.75) is 56.9 Å². The number of likely N-dealkylation sites (tertiary alicyclic amines) is 1. The lowest BCUT2D eigenvalue weighted by Gasteiger charge is -2.46. The highest BCUT2D eigenvalue weighted by Crippen LogP contribution is 2.53. The molecule has 18 heteroatoms. The van der Waals surface area contributed by atoms with Crippen LogP contribution in [0.4, 0.5) is 21.3 Å². The Labute approximate surface area is 293 Å². The van der Waals surface area contributed by atoms with Gasteiger partial charge in [-0.2, -0.15) is 0 Å². The topological polar surface area (TPSA) is 222 Å². The molecular weight excluding hydrogens is 693 g/mol. The van der Waals surface area contributed by atoms with Crippen LogP contribution in [0.5, 0.6) is 0 Å². The van der Waals surface area contributed by atoms with Crippen molar-refractivity contribution in [1.82, 2.24) is 14.8 Å². The van der Waals surface area contributed by atoms with Gasteiger partial charge >= 0.3 is 12.1 Å². The number of thioether (sulfide) groups is 1. The van der Waals surface area contributed by atoms with Crippen molar-refractivity contribution in [3.8, 4) is 0 Å². The van der Waals surface area contributed by atoms with Gasteiger partial charge in [0.25, 0.3) is 11.4 Å². The van der Waals surface area contributed by atoms with Gasteiger partial charge in [-0.15, -0.1) is 23.1 Å². The number of hydrogen-bond acceptors (Lipinski definition) is 14. The summed E-state index contributed by atoms with van der Waals surface area (Å²) >= 11 is 2.58. The second kappa shape index (κ2) is 14.0. The van der Waals surface area contributed by atoms with Crippen LogP contribution in [0.1, 0.15) is 43.1 Å². The Morgan fingerprint density at radius 2 is 1.64 bits per heavy atom. The third-order valence-corrected chi connectivity index (χ3v) is 11.2. The van der Waals surface area contributed by atoms with E-state index in [2.05, 4.69) is 4.98 Å². The Morgan fingerprint density at radius 1 is 1.06 bits per heavy atom. The first-order valence-electron chi connectivity index (χ1n) is 15.5. The molecule has 3 aliphatic rings. The van der Waals surface area contributed by atoms with Crippen LogP contribution in [-0.4, -0.2) is 71.6 Å². The van der Waals surface area contributed by atoms with Gasteiger partial charge in [-0.3, -0.25) is 29.9 Å². The predicted octanol–water partition coefficient (Wildman–Crippen LogP) is 4.54. The number of aliphatic hydroxyl groups excluding tert-OH is 1. The van der Waals surface area contributed by atoms with Crippen LogP contribution in [0.25, 0.3) is 0 Å². The van der Waals surface area contributed by atoms with Gasteiger partial charge in [0.05, 0.1) is 39.6 Å². The smallest absolute Gasteiger partial charge is 0.410 e. The molecule has 0 spiro atoms. The van der Waals surface area contributed by atoms with Crippen LogP contribution in [0.2, 0.25) is 0 Å². The molecule has 3 aliphatic heterocycles. The third-order valence-electron chi connectivity index (χ3n) is 9.00. The van der Waals surface area contributed by atoms with Gasteiger partial charge in [-0.1, -0.05) is 6.92 Å². The van der Waals surface area contributed by atoms with Crippen LogP contribution in [0.15, 0.2) is 64.5 Å². The number of esters is 1. The van der Waals surface area contributed by atoms with Gasteiger partial charge in [0, 0.05) is 52.3 Å². The predicted molar refractivity (Wildman–Crippen MR) is 180 cm³/mol. The molecule has 4 heterocycles. The SMILES string of the molecule is C[C@@H](O)[C@H]1C(=O)N2C(C(=O)OCc3ccc([N+](=O)[O-])cc3)=C(S[C@H]3C[C@@H](c4csc(N)n4)N(C(=O)OCc4ccc([N+](=O)[O-])cc4)C3)[C@H](C)[C@H]12. The van der Waals surface area contributed by atoms with E-state index in [4.69, 9.17) is 15.2 Å². The zero-order chi connectivity index (χ0) is 35.9. The second-order valence-corrected chi connectivity index (χ2v) is 14.4. The first-order chi connectivity index (χ1) is 23.8. The van der Waals surface area contributed by atoms with Crippen molar-refractivity contribution in [2.75, 3.05) is 12.3 Å². The Balaban J connectivity index is 1.22. The van der Waals surface area contributed by atoms with E-state index in [1.54, 1.807) is 5.38 Å². The Hall–Kier alpha value is -5.07. The summed E-state index contributed by atoms with van der Waals surface area (Å²) in [7, 11) is 0. The maximum atomic E-state index is 13.7. The summed E-state index contributed by atoms with van der Waals surface area (Å²) in [5, 5.41) is 34.2. The number of thiazole rings is 1. The number of β-lactam (4-membered cyclic amide) rings is 1. The average molecular weight is 725 g/mol. The normalized spacial score (nSPS) is 23.3.